The van der Waals surface area contributed by atoms with Gasteiger partial charge in [0.05, 0.1) is 12.8 Å². The zero-order valence-corrected chi connectivity index (χ0v) is 10.6. The monoisotopic (exact) mass is 270 g/mol. The number of ether oxygens (including phenoxy) is 1. The Hall–Kier alpha value is -1.95. The number of benzene rings is 1. The lowest BCUT2D eigenvalue weighted by Gasteiger charge is -2.09. The first kappa shape index (κ1) is 15.1. The molecule has 0 amide bonds. The lowest BCUT2D eigenvalue weighted by Crippen LogP contribution is -2.05. The Morgan fingerprint density at radius 2 is 2.05 bits per heavy atom. The Bertz CT molecular complexity index is 465. The van der Waals surface area contributed by atoms with E-state index in [0.29, 0.717) is 6.54 Å². The predicted octanol–water partition coefficient (Wildman–Crippen LogP) is 2.12. The van der Waals surface area contributed by atoms with Crippen LogP contribution in [0.2, 0.25) is 0 Å². The number of nitrogens with two attached hydrogens (primary N) is 1. The molecule has 1 aromatic carbocycles. The molecule has 1 rings (SSSR count). The summed E-state index contributed by atoms with van der Waals surface area (Å²) in [6.07, 6.45) is 3.21. The van der Waals surface area contributed by atoms with Gasteiger partial charge in [0, 0.05) is 12.7 Å². The molecule has 0 unspecified atom stereocenters. The third-order valence-corrected chi connectivity index (χ3v) is 2.20. The number of nitrogens with zero attached hydrogens (tertiary/aromatic N) is 1. The van der Waals surface area contributed by atoms with Crippen LogP contribution < -0.4 is 10.5 Å². The first-order valence-corrected chi connectivity index (χ1v) is 5.80. The van der Waals surface area contributed by atoms with E-state index in [0.717, 1.165) is 24.8 Å². The molecule has 0 aliphatic heterocycles. The molecule has 0 heterocycles. The molecule has 6 heteroatoms. The third-order valence-electron chi connectivity index (χ3n) is 2.20. The number of hydrogen-bond donors (Lipinski definition) is 2. The summed E-state index contributed by atoms with van der Waals surface area (Å²) in [5.74, 6) is -2.35. The topological polar surface area (TPSA) is 67.8 Å². The van der Waals surface area contributed by atoms with Crippen LogP contribution in [0.3, 0.4) is 0 Å². The highest BCUT2D eigenvalue weighted by molar-refractivity contribution is 5.76. The quantitative estimate of drug-likeness (QED) is 0.614. The number of aliphatic imine (C=N–C) groups is 1. The standard InChI is InChI=1S/C13H16F2N2O2/c1-2-3-17-7-10(6-16)19-13-11(14)4-9(8-18)5-12(13)15/h4-7,18H,2-3,8,16H2,1H3. The van der Waals surface area contributed by atoms with E-state index < -0.39 is 24.0 Å². The first-order valence-electron chi connectivity index (χ1n) is 5.80. The van der Waals surface area contributed by atoms with Gasteiger partial charge < -0.3 is 15.6 Å². The van der Waals surface area contributed by atoms with E-state index in [1.54, 1.807) is 0 Å². The van der Waals surface area contributed by atoms with Gasteiger partial charge in [-0.25, -0.2) is 8.78 Å². The molecule has 1 aromatic rings. The Balaban J connectivity index is 2.92. The second-order valence-electron chi connectivity index (χ2n) is 3.75. The maximum absolute atomic E-state index is 13.6. The van der Waals surface area contributed by atoms with Gasteiger partial charge >= 0.3 is 0 Å². The Morgan fingerprint density at radius 3 is 2.53 bits per heavy atom. The summed E-state index contributed by atoms with van der Waals surface area (Å²) in [4.78, 5) is 3.97. The molecule has 4 nitrogen and oxygen atoms in total. The van der Waals surface area contributed by atoms with Crippen molar-refractivity contribution in [3.8, 4) is 5.75 Å². The van der Waals surface area contributed by atoms with Crippen LogP contribution in [0.5, 0.6) is 5.75 Å². The molecule has 0 spiro atoms. The smallest absolute Gasteiger partial charge is 0.198 e. The van der Waals surface area contributed by atoms with Crippen LogP contribution in [0.25, 0.3) is 0 Å². The van der Waals surface area contributed by atoms with Crippen LogP contribution in [0.4, 0.5) is 8.78 Å². The van der Waals surface area contributed by atoms with Crippen LogP contribution in [0.1, 0.15) is 18.9 Å². The second-order valence-corrected chi connectivity index (χ2v) is 3.75. The molecule has 3 N–H and O–H groups in total. The zero-order valence-electron chi connectivity index (χ0n) is 10.6. The van der Waals surface area contributed by atoms with Crippen molar-refractivity contribution in [3.63, 3.8) is 0 Å². The highest BCUT2D eigenvalue weighted by atomic mass is 19.1. The third kappa shape index (κ3) is 4.33. The van der Waals surface area contributed by atoms with Gasteiger partial charge in [0.2, 0.25) is 0 Å². The maximum atomic E-state index is 13.6. The van der Waals surface area contributed by atoms with Gasteiger partial charge in [-0.05, 0) is 24.1 Å². The molecule has 0 saturated carbocycles. The molecule has 0 radical (unpaired) electrons. The van der Waals surface area contributed by atoms with Gasteiger partial charge in [-0.2, -0.15) is 0 Å². The highest BCUT2D eigenvalue weighted by Crippen LogP contribution is 2.24. The van der Waals surface area contributed by atoms with E-state index in [9.17, 15) is 8.78 Å². The van der Waals surface area contributed by atoms with Gasteiger partial charge in [0.1, 0.15) is 0 Å². The first-order chi connectivity index (χ1) is 9.12. The minimum Gasteiger partial charge on any atom is -0.448 e. The molecular weight excluding hydrogens is 254 g/mol. The molecule has 0 saturated heterocycles. The summed E-state index contributed by atoms with van der Waals surface area (Å²) < 4.78 is 32.2. The Morgan fingerprint density at radius 1 is 1.42 bits per heavy atom. The highest BCUT2D eigenvalue weighted by Gasteiger charge is 2.13. The van der Waals surface area contributed by atoms with Crippen molar-refractivity contribution in [1.29, 1.82) is 0 Å². The fraction of sp³-hybridized carbons (Fsp3) is 0.308. The van der Waals surface area contributed by atoms with Crippen molar-refractivity contribution in [2.24, 2.45) is 10.7 Å². The van der Waals surface area contributed by atoms with Crippen LogP contribution in [-0.4, -0.2) is 17.9 Å². The van der Waals surface area contributed by atoms with E-state index in [2.05, 4.69) is 4.99 Å². The fourth-order valence-electron chi connectivity index (χ4n) is 1.31. The van der Waals surface area contributed by atoms with Gasteiger partial charge in [0.15, 0.2) is 23.1 Å². The average molecular weight is 270 g/mol. The summed E-state index contributed by atoms with van der Waals surface area (Å²) in [6, 6.07) is 1.99. The van der Waals surface area contributed by atoms with Crippen molar-refractivity contribution in [1.82, 2.24) is 0 Å². The lowest BCUT2D eigenvalue weighted by molar-refractivity contribution is 0.279. The normalized spacial score (nSPS) is 12.1. The molecule has 0 aliphatic rings. The van der Waals surface area contributed by atoms with Crippen LogP contribution in [-0.2, 0) is 6.61 Å². The number of rotatable bonds is 6. The largest absolute Gasteiger partial charge is 0.448 e. The van der Waals surface area contributed by atoms with Crippen molar-refractivity contribution in [2.75, 3.05) is 6.54 Å². The Kier molecular flexibility index (Phi) is 5.95. The summed E-state index contributed by atoms with van der Waals surface area (Å²) in [7, 11) is 0. The number of hydrogen-bond acceptors (Lipinski definition) is 4. The Labute approximate surface area is 110 Å². The van der Waals surface area contributed by atoms with Crippen LogP contribution >= 0.6 is 0 Å². The maximum Gasteiger partial charge on any atom is 0.198 e. The lowest BCUT2D eigenvalue weighted by atomic mass is 10.2. The van der Waals surface area contributed by atoms with Gasteiger partial charge in [0.25, 0.3) is 0 Å². The molecule has 0 atom stereocenters. The number of aliphatic hydroxyl groups excluding tert-OH is 1. The summed E-state index contributed by atoms with van der Waals surface area (Å²) in [5.41, 5.74) is 5.42. The molecule has 19 heavy (non-hydrogen) atoms. The zero-order chi connectivity index (χ0) is 14.3. The van der Waals surface area contributed by atoms with Crippen molar-refractivity contribution < 1.29 is 18.6 Å². The fourth-order valence-corrected chi connectivity index (χ4v) is 1.31. The summed E-state index contributed by atoms with van der Waals surface area (Å²) in [5, 5.41) is 8.82. The number of aliphatic hydroxyl groups is 1. The molecule has 0 aromatic heterocycles. The van der Waals surface area contributed by atoms with Gasteiger partial charge in [-0.1, -0.05) is 6.92 Å². The van der Waals surface area contributed by atoms with E-state index in [-0.39, 0.29) is 11.3 Å². The van der Waals surface area contributed by atoms with E-state index in [1.165, 1.54) is 6.21 Å². The van der Waals surface area contributed by atoms with Crippen molar-refractivity contribution in [2.45, 2.75) is 20.0 Å². The van der Waals surface area contributed by atoms with Crippen LogP contribution in [0, 0.1) is 11.6 Å². The van der Waals surface area contributed by atoms with E-state index >= 15 is 0 Å². The van der Waals surface area contributed by atoms with E-state index in [1.807, 2.05) is 6.92 Å². The van der Waals surface area contributed by atoms with Crippen molar-refractivity contribution in [3.05, 3.63) is 41.3 Å². The second kappa shape index (κ2) is 7.48. The summed E-state index contributed by atoms with van der Waals surface area (Å²) in [6.45, 7) is 2.05. The minimum absolute atomic E-state index is 0.0444. The van der Waals surface area contributed by atoms with Crippen LogP contribution in [0.15, 0.2) is 29.1 Å². The molecular formula is C13H16F2N2O2. The van der Waals surface area contributed by atoms with Gasteiger partial charge in [-0.15, -0.1) is 0 Å². The molecule has 0 aliphatic carbocycles. The van der Waals surface area contributed by atoms with Gasteiger partial charge in [-0.3, -0.25) is 4.99 Å². The SMILES string of the molecule is CCCN=CC(=CN)Oc1c(F)cc(CO)cc1F. The van der Waals surface area contributed by atoms with E-state index in [4.69, 9.17) is 15.6 Å². The predicted molar refractivity (Wildman–Crippen MR) is 68.8 cm³/mol. The molecule has 0 bridgehead atoms. The minimum atomic E-state index is -0.910. The summed E-state index contributed by atoms with van der Waals surface area (Å²) >= 11 is 0. The number of allylic oxidation sites excluding steroid dienone is 1. The van der Waals surface area contributed by atoms with Crippen molar-refractivity contribution >= 4 is 6.21 Å². The molecule has 0 fully saturated rings. The average Bonchev–Trinajstić information content (AvgIpc) is 2.40. The number of halogens is 2. The molecule has 104 valence electrons.